The lowest BCUT2D eigenvalue weighted by Gasteiger charge is -2.36. The van der Waals surface area contributed by atoms with Crippen molar-refractivity contribution in [1.82, 2.24) is 0 Å². The van der Waals surface area contributed by atoms with Crippen LogP contribution in [-0.2, 0) is 16.0 Å². The number of esters is 1. The zero-order valence-electron chi connectivity index (χ0n) is 11.0. The molecule has 0 atom stereocenters. The Balaban J connectivity index is 1.99. The van der Waals surface area contributed by atoms with E-state index in [4.69, 9.17) is 13.9 Å². The van der Waals surface area contributed by atoms with E-state index in [9.17, 15) is 4.79 Å². The molecular formula is C13H20NO4+. The third kappa shape index (κ3) is 3.11. The zero-order valence-corrected chi connectivity index (χ0v) is 11.0. The third-order valence-electron chi connectivity index (χ3n) is 3.25. The molecular weight excluding hydrogens is 234 g/mol. The van der Waals surface area contributed by atoms with Gasteiger partial charge in [0.05, 0.1) is 32.4 Å². The van der Waals surface area contributed by atoms with Crippen LogP contribution in [0.25, 0.3) is 0 Å². The Labute approximate surface area is 107 Å². The Morgan fingerprint density at radius 3 is 2.83 bits per heavy atom. The van der Waals surface area contributed by atoms with Gasteiger partial charge in [0.25, 0.3) is 0 Å². The van der Waals surface area contributed by atoms with Gasteiger partial charge in [-0.1, -0.05) is 0 Å². The normalized spacial score (nSPS) is 18.6. The van der Waals surface area contributed by atoms with Crippen molar-refractivity contribution in [1.29, 1.82) is 0 Å². The van der Waals surface area contributed by atoms with Gasteiger partial charge in [-0.15, -0.1) is 0 Å². The number of morpholine rings is 1. The number of carbonyl (C=O) groups excluding carboxylic acids is 1. The van der Waals surface area contributed by atoms with E-state index in [1.165, 1.54) is 6.26 Å². The second kappa shape index (κ2) is 5.54. The zero-order chi connectivity index (χ0) is 13.0. The van der Waals surface area contributed by atoms with Crippen LogP contribution in [0.3, 0.4) is 0 Å². The summed E-state index contributed by atoms with van der Waals surface area (Å²) in [4.78, 5) is 11.5. The van der Waals surface area contributed by atoms with Crippen molar-refractivity contribution in [2.45, 2.75) is 13.5 Å². The van der Waals surface area contributed by atoms with Crippen LogP contribution in [0, 0.1) is 0 Å². The maximum atomic E-state index is 11.5. The van der Waals surface area contributed by atoms with Gasteiger partial charge < -0.3 is 18.4 Å². The SMILES string of the molecule is CCOC(=O)c1coc(C[N+]2(C)CCOCC2)c1. The molecule has 2 heterocycles. The van der Waals surface area contributed by atoms with E-state index in [1.807, 2.05) is 0 Å². The van der Waals surface area contributed by atoms with Gasteiger partial charge in [-0.05, 0) is 6.92 Å². The summed E-state index contributed by atoms with van der Waals surface area (Å²) in [5.74, 6) is 0.500. The van der Waals surface area contributed by atoms with E-state index in [1.54, 1.807) is 13.0 Å². The molecule has 2 rings (SSSR count). The number of rotatable bonds is 4. The molecule has 0 bridgehead atoms. The summed E-state index contributed by atoms with van der Waals surface area (Å²) in [6, 6.07) is 1.77. The first-order valence-corrected chi connectivity index (χ1v) is 6.29. The van der Waals surface area contributed by atoms with E-state index in [2.05, 4.69) is 7.05 Å². The van der Waals surface area contributed by atoms with E-state index >= 15 is 0 Å². The molecule has 0 aliphatic carbocycles. The quantitative estimate of drug-likeness (QED) is 0.602. The fourth-order valence-electron chi connectivity index (χ4n) is 2.10. The summed E-state index contributed by atoms with van der Waals surface area (Å²) in [6.45, 7) is 6.45. The predicted octanol–water partition coefficient (Wildman–Crippen LogP) is 1.43. The van der Waals surface area contributed by atoms with Crippen LogP contribution in [0.15, 0.2) is 16.7 Å². The molecule has 1 aliphatic heterocycles. The second-order valence-corrected chi connectivity index (χ2v) is 4.86. The van der Waals surface area contributed by atoms with Crippen LogP contribution < -0.4 is 0 Å². The van der Waals surface area contributed by atoms with Gasteiger partial charge in [0.2, 0.25) is 0 Å². The molecule has 100 valence electrons. The Kier molecular flexibility index (Phi) is 4.04. The number of likely N-dealkylation sites (N-methyl/N-ethyl adjacent to an activating group) is 1. The van der Waals surface area contributed by atoms with Gasteiger partial charge in [0.1, 0.15) is 25.9 Å². The lowest BCUT2D eigenvalue weighted by atomic mass is 10.2. The molecule has 1 aromatic rings. The molecule has 0 radical (unpaired) electrons. The van der Waals surface area contributed by atoms with E-state index in [0.29, 0.717) is 12.2 Å². The minimum Gasteiger partial charge on any atom is -0.462 e. The maximum absolute atomic E-state index is 11.5. The summed E-state index contributed by atoms with van der Waals surface area (Å²) < 4.78 is 16.6. The number of quaternary nitrogens is 1. The minimum atomic E-state index is -0.322. The third-order valence-corrected chi connectivity index (χ3v) is 3.25. The van der Waals surface area contributed by atoms with Gasteiger partial charge in [0.15, 0.2) is 5.76 Å². The highest BCUT2D eigenvalue weighted by molar-refractivity contribution is 5.89. The molecule has 5 heteroatoms. The Bertz CT molecular complexity index is 407. The summed E-state index contributed by atoms with van der Waals surface area (Å²) in [6.07, 6.45) is 1.47. The average molecular weight is 254 g/mol. The molecule has 1 saturated heterocycles. The first kappa shape index (κ1) is 13.1. The molecule has 0 amide bonds. The van der Waals surface area contributed by atoms with Gasteiger partial charge >= 0.3 is 5.97 Å². The van der Waals surface area contributed by atoms with Crippen LogP contribution in [0.2, 0.25) is 0 Å². The second-order valence-electron chi connectivity index (χ2n) is 4.86. The Morgan fingerprint density at radius 1 is 1.44 bits per heavy atom. The molecule has 0 N–H and O–H groups in total. The summed E-state index contributed by atoms with van der Waals surface area (Å²) in [5, 5.41) is 0. The highest BCUT2D eigenvalue weighted by atomic mass is 16.5. The van der Waals surface area contributed by atoms with Crippen LogP contribution >= 0.6 is 0 Å². The van der Waals surface area contributed by atoms with E-state index < -0.39 is 0 Å². The largest absolute Gasteiger partial charge is 0.462 e. The Hall–Kier alpha value is -1.33. The number of nitrogens with zero attached hydrogens (tertiary/aromatic N) is 1. The van der Waals surface area contributed by atoms with E-state index in [0.717, 1.165) is 43.1 Å². The van der Waals surface area contributed by atoms with Gasteiger partial charge in [0, 0.05) is 6.07 Å². The van der Waals surface area contributed by atoms with Crippen molar-refractivity contribution in [3.63, 3.8) is 0 Å². The lowest BCUT2D eigenvalue weighted by Crippen LogP contribution is -2.51. The summed E-state index contributed by atoms with van der Waals surface area (Å²) in [7, 11) is 2.18. The predicted molar refractivity (Wildman–Crippen MR) is 65.1 cm³/mol. The fourth-order valence-corrected chi connectivity index (χ4v) is 2.10. The average Bonchev–Trinajstić information content (AvgIpc) is 2.78. The van der Waals surface area contributed by atoms with E-state index in [-0.39, 0.29) is 5.97 Å². The topological polar surface area (TPSA) is 48.7 Å². The molecule has 18 heavy (non-hydrogen) atoms. The van der Waals surface area contributed by atoms with Crippen LogP contribution in [-0.4, -0.2) is 50.4 Å². The smallest absolute Gasteiger partial charge is 0.341 e. The van der Waals surface area contributed by atoms with Gasteiger partial charge in [-0.25, -0.2) is 4.79 Å². The summed E-state index contributed by atoms with van der Waals surface area (Å²) in [5.41, 5.74) is 0.492. The maximum Gasteiger partial charge on any atom is 0.341 e. The highest BCUT2D eigenvalue weighted by Crippen LogP contribution is 2.17. The molecule has 1 aliphatic rings. The van der Waals surface area contributed by atoms with Crippen molar-refractivity contribution >= 4 is 5.97 Å². The molecule has 0 saturated carbocycles. The number of ether oxygens (including phenoxy) is 2. The van der Waals surface area contributed by atoms with Gasteiger partial charge in [-0.2, -0.15) is 0 Å². The number of furan rings is 1. The lowest BCUT2D eigenvalue weighted by molar-refractivity contribution is -0.930. The van der Waals surface area contributed by atoms with Gasteiger partial charge in [-0.3, -0.25) is 0 Å². The van der Waals surface area contributed by atoms with Crippen LogP contribution in [0.4, 0.5) is 0 Å². The van der Waals surface area contributed by atoms with Crippen molar-refractivity contribution in [3.8, 4) is 0 Å². The molecule has 0 unspecified atom stereocenters. The van der Waals surface area contributed by atoms with Crippen molar-refractivity contribution in [2.24, 2.45) is 0 Å². The highest BCUT2D eigenvalue weighted by Gasteiger charge is 2.27. The molecule has 5 nitrogen and oxygen atoms in total. The minimum absolute atomic E-state index is 0.322. The van der Waals surface area contributed by atoms with Crippen molar-refractivity contribution < 1.29 is 23.2 Å². The van der Waals surface area contributed by atoms with Crippen LogP contribution in [0.1, 0.15) is 23.0 Å². The number of hydrogen-bond donors (Lipinski definition) is 0. The van der Waals surface area contributed by atoms with Crippen molar-refractivity contribution in [2.75, 3.05) is 40.0 Å². The Morgan fingerprint density at radius 2 is 2.17 bits per heavy atom. The standard InChI is InChI=1S/C13H20NO4/c1-3-17-13(15)11-8-12(18-10-11)9-14(2)4-6-16-7-5-14/h8,10H,3-7,9H2,1-2H3/q+1. The molecule has 1 aromatic heterocycles. The first-order chi connectivity index (χ1) is 8.63. The molecule has 0 spiro atoms. The summed E-state index contributed by atoms with van der Waals surface area (Å²) >= 11 is 0. The molecule has 1 fully saturated rings. The van der Waals surface area contributed by atoms with Crippen LogP contribution in [0.5, 0.6) is 0 Å². The number of carbonyl (C=O) groups is 1. The molecule has 0 aromatic carbocycles. The monoisotopic (exact) mass is 254 g/mol. The fraction of sp³-hybridized carbons (Fsp3) is 0.615. The number of hydrogen-bond acceptors (Lipinski definition) is 4. The first-order valence-electron chi connectivity index (χ1n) is 6.29. The van der Waals surface area contributed by atoms with Crippen molar-refractivity contribution in [3.05, 3.63) is 23.7 Å².